The van der Waals surface area contributed by atoms with Crippen molar-refractivity contribution in [3.63, 3.8) is 0 Å². The molecule has 29 heavy (non-hydrogen) atoms. The van der Waals surface area contributed by atoms with Crippen LogP contribution in [0.3, 0.4) is 0 Å². The maximum Gasteiger partial charge on any atom is 0.249 e. The van der Waals surface area contributed by atoms with Crippen molar-refractivity contribution in [3.05, 3.63) is 65.2 Å². The lowest BCUT2D eigenvalue weighted by molar-refractivity contribution is 0.1000. The van der Waals surface area contributed by atoms with Crippen molar-refractivity contribution in [1.82, 2.24) is 9.97 Å². The number of aromatic nitrogens is 2. The Morgan fingerprint density at radius 2 is 1.86 bits per heavy atom. The Balaban J connectivity index is 1.93. The summed E-state index contributed by atoms with van der Waals surface area (Å²) < 4.78 is 10.8. The minimum atomic E-state index is -0.586. The molecule has 4 rings (SSSR count). The Bertz CT molecular complexity index is 1200. The van der Waals surface area contributed by atoms with E-state index in [4.69, 9.17) is 26.8 Å². The number of carbonyl (C=O) groups excluding carboxylic acids is 1. The zero-order valence-electron chi connectivity index (χ0n) is 15.8. The molecule has 0 fully saturated rings. The first-order chi connectivity index (χ1) is 14.0. The summed E-state index contributed by atoms with van der Waals surface area (Å²) in [6.45, 7) is 0. The number of rotatable bonds is 5. The number of halogens is 1. The second kappa shape index (κ2) is 7.48. The monoisotopic (exact) mass is 407 g/mol. The van der Waals surface area contributed by atoms with Gasteiger partial charge in [0.1, 0.15) is 17.3 Å². The third kappa shape index (κ3) is 3.39. The van der Waals surface area contributed by atoms with Gasteiger partial charge in [-0.1, -0.05) is 29.8 Å². The van der Waals surface area contributed by atoms with Gasteiger partial charge >= 0.3 is 0 Å². The number of H-pyrrole nitrogens is 1. The first kappa shape index (κ1) is 18.8. The summed E-state index contributed by atoms with van der Waals surface area (Å²) in [5.41, 5.74) is 9.66. The second-order valence-corrected chi connectivity index (χ2v) is 6.82. The summed E-state index contributed by atoms with van der Waals surface area (Å²) in [7, 11) is 3.04. The van der Waals surface area contributed by atoms with E-state index in [0.29, 0.717) is 39.0 Å². The Morgan fingerprint density at radius 1 is 1.07 bits per heavy atom. The van der Waals surface area contributed by atoms with E-state index in [0.717, 1.165) is 16.6 Å². The molecule has 1 amide bonds. The van der Waals surface area contributed by atoms with Crippen LogP contribution in [0.15, 0.2) is 54.6 Å². The number of methoxy groups -OCH3 is 2. The topological polar surface area (TPSA) is 90.2 Å². The number of aromatic amines is 1. The van der Waals surface area contributed by atoms with Crippen LogP contribution in [0.2, 0.25) is 5.02 Å². The highest BCUT2D eigenvalue weighted by Gasteiger charge is 2.20. The van der Waals surface area contributed by atoms with Gasteiger partial charge in [0.05, 0.1) is 35.8 Å². The molecule has 0 aliphatic rings. The van der Waals surface area contributed by atoms with Crippen LogP contribution >= 0.6 is 11.6 Å². The highest BCUT2D eigenvalue weighted by Crippen LogP contribution is 2.40. The zero-order valence-corrected chi connectivity index (χ0v) is 16.6. The fourth-order valence-electron chi connectivity index (χ4n) is 3.30. The average Bonchev–Trinajstić information content (AvgIpc) is 3.17. The van der Waals surface area contributed by atoms with Crippen LogP contribution in [-0.4, -0.2) is 30.1 Å². The molecule has 1 aromatic heterocycles. The number of carbonyl (C=O) groups is 1. The van der Waals surface area contributed by atoms with Gasteiger partial charge in [-0.05, 0) is 35.9 Å². The highest BCUT2D eigenvalue weighted by atomic mass is 35.5. The maximum atomic E-state index is 12.1. The van der Waals surface area contributed by atoms with Gasteiger partial charge in [-0.15, -0.1) is 0 Å². The van der Waals surface area contributed by atoms with Crippen LogP contribution in [0.25, 0.3) is 33.5 Å². The lowest BCUT2D eigenvalue weighted by Gasteiger charge is -2.15. The van der Waals surface area contributed by atoms with Crippen molar-refractivity contribution in [3.8, 4) is 34.0 Å². The molecule has 0 saturated heterocycles. The van der Waals surface area contributed by atoms with Crippen LogP contribution in [0.1, 0.15) is 10.4 Å². The van der Waals surface area contributed by atoms with Crippen LogP contribution in [-0.2, 0) is 0 Å². The number of hydrogen-bond acceptors (Lipinski definition) is 4. The van der Waals surface area contributed by atoms with E-state index in [1.807, 2.05) is 36.4 Å². The van der Waals surface area contributed by atoms with E-state index in [2.05, 4.69) is 9.97 Å². The van der Waals surface area contributed by atoms with Gasteiger partial charge in [0.15, 0.2) is 0 Å². The molecule has 0 unspecified atom stereocenters. The number of para-hydroxylation sites is 2. The maximum absolute atomic E-state index is 12.1. The molecular formula is C22H18ClN3O3. The van der Waals surface area contributed by atoms with Crippen LogP contribution in [0, 0.1) is 0 Å². The van der Waals surface area contributed by atoms with E-state index in [-0.39, 0.29) is 0 Å². The highest BCUT2D eigenvalue weighted by molar-refractivity contribution is 6.33. The summed E-state index contributed by atoms with van der Waals surface area (Å²) >= 11 is 6.47. The van der Waals surface area contributed by atoms with Gasteiger partial charge in [-0.2, -0.15) is 0 Å². The molecule has 3 N–H and O–H groups in total. The third-order valence-corrected chi connectivity index (χ3v) is 5.03. The van der Waals surface area contributed by atoms with Crippen LogP contribution in [0.5, 0.6) is 11.5 Å². The van der Waals surface area contributed by atoms with Crippen molar-refractivity contribution in [2.75, 3.05) is 14.2 Å². The average molecular weight is 408 g/mol. The SMILES string of the molecule is COc1cc(OC)c(-c2ccc(Cl)c(-c3nc4ccccc4[nH]3)c2)c(C(N)=O)c1. The molecular weight excluding hydrogens is 390 g/mol. The number of nitrogens with two attached hydrogens (primary N) is 1. The lowest BCUT2D eigenvalue weighted by Crippen LogP contribution is -2.13. The van der Waals surface area contributed by atoms with Crippen LogP contribution in [0.4, 0.5) is 0 Å². The molecule has 0 spiro atoms. The van der Waals surface area contributed by atoms with Gasteiger partial charge in [0.25, 0.3) is 0 Å². The predicted molar refractivity (Wildman–Crippen MR) is 114 cm³/mol. The zero-order chi connectivity index (χ0) is 20.5. The third-order valence-electron chi connectivity index (χ3n) is 4.70. The number of primary amides is 1. The summed E-state index contributed by atoms with van der Waals surface area (Å²) in [5.74, 6) is 0.991. The molecule has 1 heterocycles. The number of hydrogen-bond donors (Lipinski definition) is 2. The van der Waals surface area contributed by atoms with Crippen molar-refractivity contribution in [1.29, 1.82) is 0 Å². The number of fused-ring (bicyclic) bond motifs is 1. The largest absolute Gasteiger partial charge is 0.497 e. The number of imidazole rings is 1. The van der Waals surface area contributed by atoms with Crippen molar-refractivity contribution in [2.24, 2.45) is 5.73 Å². The number of nitrogens with one attached hydrogen (secondary N) is 1. The molecule has 0 saturated carbocycles. The molecule has 0 radical (unpaired) electrons. The number of nitrogens with zero attached hydrogens (tertiary/aromatic N) is 1. The van der Waals surface area contributed by atoms with Gasteiger partial charge < -0.3 is 20.2 Å². The normalized spacial score (nSPS) is 10.9. The van der Waals surface area contributed by atoms with Crippen molar-refractivity contribution >= 4 is 28.5 Å². The fraction of sp³-hybridized carbons (Fsp3) is 0.0909. The Hall–Kier alpha value is -3.51. The number of amides is 1. The van der Waals surface area contributed by atoms with E-state index < -0.39 is 5.91 Å². The lowest BCUT2D eigenvalue weighted by atomic mass is 9.96. The Morgan fingerprint density at radius 3 is 2.55 bits per heavy atom. The summed E-state index contributed by atoms with van der Waals surface area (Å²) in [4.78, 5) is 20.0. The fourth-order valence-corrected chi connectivity index (χ4v) is 3.51. The standard InChI is InChI=1S/C22H18ClN3O3/c1-28-13-10-15(21(24)27)20(19(11-13)29-2)12-7-8-16(23)14(9-12)22-25-17-5-3-4-6-18(17)26-22/h3-11H,1-2H3,(H2,24,27)(H,25,26). The van der Waals surface area contributed by atoms with Crippen LogP contribution < -0.4 is 15.2 Å². The van der Waals surface area contributed by atoms with Gasteiger partial charge in [0.2, 0.25) is 5.91 Å². The quantitative estimate of drug-likeness (QED) is 0.503. The minimum Gasteiger partial charge on any atom is -0.497 e. The minimum absolute atomic E-state index is 0.291. The molecule has 146 valence electrons. The first-order valence-corrected chi connectivity index (χ1v) is 9.20. The van der Waals surface area contributed by atoms with E-state index >= 15 is 0 Å². The molecule has 0 bridgehead atoms. The van der Waals surface area contributed by atoms with Gasteiger partial charge in [0, 0.05) is 17.2 Å². The summed E-state index contributed by atoms with van der Waals surface area (Å²) in [6.07, 6.45) is 0. The van der Waals surface area contributed by atoms with Crippen molar-refractivity contribution < 1.29 is 14.3 Å². The second-order valence-electron chi connectivity index (χ2n) is 6.41. The molecule has 4 aromatic rings. The Kier molecular flexibility index (Phi) is 4.86. The molecule has 6 nitrogen and oxygen atoms in total. The predicted octanol–water partition coefficient (Wildman–Crippen LogP) is 4.67. The summed E-state index contributed by atoms with van der Waals surface area (Å²) in [5, 5.41) is 0.529. The molecule has 3 aromatic carbocycles. The summed E-state index contributed by atoms with van der Waals surface area (Å²) in [6, 6.07) is 16.4. The molecule has 0 aliphatic carbocycles. The van der Waals surface area contributed by atoms with E-state index in [1.165, 1.54) is 14.2 Å². The first-order valence-electron chi connectivity index (χ1n) is 8.82. The number of benzene rings is 3. The number of ether oxygens (including phenoxy) is 2. The smallest absolute Gasteiger partial charge is 0.249 e. The molecule has 0 atom stereocenters. The van der Waals surface area contributed by atoms with E-state index in [9.17, 15) is 4.79 Å². The Labute approximate surface area is 172 Å². The van der Waals surface area contributed by atoms with Gasteiger partial charge in [-0.25, -0.2) is 4.98 Å². The molecule has 7 heteroatoms. The van der Waals surface area contributed by atoms with Crippen molar-refractivity contribution in [2.45, 2.75) is 0 Å². The van der Waals surface area contributed by atoms with E-state index in [1.54, 1.807) is 18.2 Å². The molecule has 0 aliphatic heterocycles. The van der Waals surface area contributed by atoms with Gasteiger partial charge in [-0.3, -0.25) is 4.79 Å².